The first kappa shape index (κ1) is 20.5. The maximum Gasteiger partial charge on any atom is 0.335 e. The number of carbonyl (C=O) groups is 1. The van der Waals surface area contributed by atoms with Crippen LogP contribution in [0.25, 0.3) is 0 Å². The topological polar surface area (TPSA) is 95.9 Å². The Morgan fingerprint density at radius 1 is 1.30 bits per heavy atom. The molecule has 1 aliphatic heterocycles. The predicted octanol–water partition coefficient (Wildman–Crippen LogP) is 2.70. The van der Waals surface area contributed by atoms with Crippen LogP contribution in [0.3, 0.4) is 0 Å². The van der Waals surface area contributed by atoms with Crippen LogP contribution in [-0.2, 0) is 15.7 Å². The molecule has 0 bridgehead atoms. The molecule has 1 aliphatic carbocycles. The third kappa shape index (κ3) is 5.41. The Balaban J connectivity index is 1.54. The van der Waals surface area contributed by atoms with Crippen molar-refractivity contribution in [3.63, 3.8) is 0 Å². The zero-order chi connectivity index (χ0) is 19.3. The van der Waals surface area contributed by atoms with Crippen molar-refractivity contribution in [1.29, 1.82) is 0 Å². The third-order valence-corrected chi connectivity index (χ3v) is 6.86. The Morgan fingerprint density at radius 2 is 2.07 bits per heavy atom. The van der Waals surface area contributed by atoms with Crippen molar-refractivity contribution in [2.75, 3.05) is 13.2 Å². The van der Waals surface area contributed by atoms with Gasteiger partial charge in [-0.25, -0.2) is 4.79 Å². The highest BCUT2D eigenvalue weighted by Gasteiger charge is 2.41. The van der Waals surface area contributed by atoms with Crippen LogP contribution in [0.15, 0.2) is 24.3 Å². The van der Waals surface area contributed by atoms with Gasteiger partial charge in [0.15, 0.2) is 0 Å². The summed E-state index contributed by atoms with van der Waals surface area (Å²) in [5.74, 6) is -0.499. The molecule has 1 heterocycles. The van der Waals surface area contributed by atoms with Crippen LogP contribution in [-0.4, -0.2) is 46.8 Å². The zero-order valence-electron chi connectivity index (χ0n) is 15.6. The summed E-state index contributed by atoms with van der Waals surface area (Å²) >= 11 is 0. The van der Waals surface area contributed by atoms with Gasteiger partial charge in [-0.2, -0.15) is 0 Å². The van der Waals surface area contributed by atoms with Gasteiger partial charge in [0.25, 0.3) is 0 Å². The summed E-state index contributed by atoms with van der Waals surface area (Å²) in [4.78, 5) is 11.1. The van der Waals surface area contributed by atoms with E-state index in [1.54, 1.807) is 18.2 Å². The van der Waals surface area contributed by atoms with Crippen LogP contribution in [0.5, 0.6) is 0 Å². The van der Waals surface area contributed by atoms with Crippen LogP contribution in [0.1, 0.15) is 54.4 Å². The molecule has 0 aromatic heterocycles. The Labute approximate surface area is 161 Å². The first-order valence-electron chi connectivity index (χ1n) is 9.86. The molecule has 4 atom stereocenters. The van der Waals surface area contributed by atoms with Crippen molar-refractivity contribution in [2.45, 2.75) is 62.4 Å². The van der Waals surface area contributed by atoms with Crippen molar-refractivity contribution in [2.24, 2.45) is 5.92 Å². The summed E-state index contributed by atoms with van der Waals surface area (Å²) in [5.41, 5.74) is 1.21. The molecule has 7 heteroatoms. The minimum absolute atomic E-state index is 0.0471. The standard InChI is InChI=1S/C20H30NO5P/c22-19(23)16-8-4-7-15(9-16)10-17-13-26-18(12-21-17)20(24,27-25)11-14-5-2-1-3-6-14/h4,7-9,14,17-18,21,24H,1-3,5-6,10-13,27H2,(H,22,23)/t17-,18+,20?/m1/s1. The van der Waals surface area contributed by atoms with Gasteiger partial charge >= 0.3 is 5.97 Å². The normalized spacial score (nSPS) is 26.9. The van der Waals surface area contributed by atoms with Gasteiger partial charge in [0.2, 0.25) is 0 Å². The van der Waals surface area contributed by atoms with Gasteiger partial charge in [-0.05, 0) is 36.5 Å². The van der Waals surface area contributed by atoms with Crippen LogP contribution in [0, 0.1) is 5.92 Å². The zero-order valence-corrected chi connectivity index (χ0v) is 16.8. The summed E-state index contributed by atoms with van der Waals surface area (Å²) in [6.07, 6.45) is 6.60. The summed E-state index contributed by atoms with van der Waals surface area (Å²) in [6.45, 7) is 0.871. The number of carboxylic acids is 1. The molecular formula is C20H30NO5P. The molecule has 3 N–H and O–H groups in total. The minimum Gasteiger partial charge on any atom is -0.478 e. The highest BCUT2D eigenvalue weighted by atomic mass is 31.1. The first-order valence-corrected chi connectivity index (χ1v) is 10.9. The lowest BCUT2D eigenvalue weighted by Crippen LogP contribution is -2.55. The molecule has 27 heavy (non-hydrogen) atoms. The molecule has 1 saturated heterocycles. The lowest BCUT2D eigenvalue weighted by molar-refractivity contribution is -0.0942. The van der Waals surface area contributed by atoms with Crippen molar-refractivity contribution >= 4 is 14.4 Å². The average Bonchev–Trinajstić information content (AvgIpc) is 2.69. The number of aromatic carboxylic acids is 1. The Bertz CT molecular complexity index is 656. The maximum absolute atomic E-state index is 11.9. The quantitative estimate of drug-likeness (QED) is 0.615. The van der Waals surface area contributed by atoms with Crippen molar-refractivity contribution < 1.29 is 24.3 Å². The fourth-order valence-corrected chi connectivity index (χ4v) is 5.10. The molecule has 2 unspecified atom stereocenters. The molecule has 2 fully saturated rings. The lowest BCUT2D eigenvalue weighted by Gasteiger charge is -2.40. The second-order valence-corrected chi connectivity index (χ2v) is 9.19. The molecule has 0 amide bonds. The fourth-order valence-electron chi connectivity index (χ4n) is 4.30. The van der Waals surface area contributed by atoms with E-state index in [-0.39, 0.29) is 11.6 Å². The van der Waals surface area contributed by atoms with E-state index in [1.807, 2.05) is 6.07 Å². The van der Waals surface area contributed by atoms with Crippen molar-refractivity contribution in [1.82, 2.24) is 5.32 Å². The Hall–Kier alpha value is -1.20. The first-order chi connectivity index (χ1) is 13.0. The van der Waals surface area contributed by atoms with E-state index in [1.165, 1.54) is 19.3 Å². The van der Waals surface area contributed by atoms with E-state index in [0.717, 1.165) is 18.4 Å². The molecule has 150 valence electrons. The number of rotatable bonds is 7. The van der Waals surface area contributed by atoms with E-state index in [0.29, 0.717) is 31.9 Å². The monoisotopic (exact) mass is 395 g/mol. The SMILES string of the molecule is O=[PH2]C(O)(CC1CCCCC1)[C@@H]1CN[C@H](Cc2cccc(C(=O)O)c2)CO1. The number of hydrogen-bond acceptors (Lipinski definition) is 5. The largest absolute Gasteiger partial charge is 0.478 e. The number of aliphatic hydroxyl groups is 1. The van der Waals surface area contributed by atoms with Crippen LogP contribution >= 0.6 is 8.46 Å². The molecule has 1 aromatic carbocycles. The second kappa shape index (κ2) is 9.33. The lowest BCUT2D eigenvalue weighted by atomic mass is 9.84. The second-order valence-electron chi connectivity index (χ2n) is 7.95. The van der Waals surface area contributed by atoms with Crippen molar-refractivity contribution in [3.8, 4) is 0 Å². The molecule has 1 saturated carbocycles. The minimum atomic E-state index is -1.34. The van der Waals surface area contributed by atoms with Crippen LogP contribution in [0.2, 0.25) is 0 Å². The molecule has 6 nitrogen and oxygen atoms in total. The van der Waals surface area contributed by atoms with Crippen LogP contribution in [0.4, 0.5) is 0 Å². The molecule has 0 spiro atoms. The highest BCUT2D eigenvalue weighted by molar-refractivity contribution is 7.25. The third-order valence-electron chi connectivity index (χ3n) is 5.85. The fraction of sp³-hybridized carbons (Fsp3) is 0.650. The summed E-state index contributed by atoms with van der Waals surface area (Å²) in [7, 11) is -1.34. The maximum atomic E-state index is 11.9. The van der Waals surface area contributed by atoms with E-state index in [9.17, 15) is 14.5 Å². The van der Waals surface area contributed by atoms with Crippen molar-refractivity contribution in [3.05, 3.63) is 35.4 Å². The Morgan fingerprint density at radius 3 is 2.70 bits per heavy atom. The summed E-state index contributed by atoms with van der Waals surface area (Å²) in [5, 5.41) is 22.2. The van der Waals surface area contributed by atoms with Gasteiger partial charge in [-0.15, -0.1) is 0 Å². The summed E-state index contributed by atoms with van der Waals surface area (Å²) < 4.78 is 17.8. The van der Waals surface area contributed by atoms with Gasteiger partial charge in [0.1, 0.15) is 11.4 Å². The summed E-state index contributed by atoms with van der Waals surface area (Å²) in [6, 6.07) is 6.95. The van der Waals surface area contributed by atoms with Gasteiger partial charge in [0.05, 0.1) is 20.6 Å². The van der Waals surface area contributed by atoms with Crippen LogP contribution < -0.4 is 5.32 Å². The predicted molar refractivity (Wildman–Crippen MR) is 105 cm³/mol. The van der Waals surface area contributed by atoms with Gasteiger partial charge in [-0.1, -0.05) is 44.2 Å². The number of morpholine rings is 1. The van der Waals surface area contributed by atoms with E-state index >= 15 is 0 Å². The molecular weight excluding hydrogens is 365 g/mol. The van der Waals surface area contributed by atoms with Gasteiger partial charge in [-0.3, -0.25) is 0 Å². The Kier molecular flexibility index (Phi) is 7.10. The average molecular weight is 395 g/mol. The number of hydrogen-bond donors (Lipinski definition) is 3. The smallest absolute Gasteiger partial charge is 0.335 e. The van der Waals surface area contributed by atoms with E-state index in [4.69, 9.17) is 9.84 Å². The number of ether oxygens (including phenoxy) is 1. The molecule has 3 rings (SSSR count). The molecule has 1 aromatic rings. The number of carboxylic acid groups (broad SMARTS) is 1. The molecule has 2 aliphatic rings. The number of nitrogens with one attached hydrogen (secondary N) is 1. The number of benzene rings is 1. The molecule has 0 radical (unpaired) electrons. The van der Waals surface area contributed by atoms with Gasteiger partial charge in [0, 0.05) is 12.6 Å². The van der Waals surface area contributed by atoms with E-state index in [2.05, 4.69) is 5.32 Å². The highest BCUT2D eigenvalue weighted by Crippen LogP contribution is 2.39. The van der Waals surface area contributed by atoms with E-state index < -0.39 is 25.9 Å². The van der Waals surface area contributed by atoms with Gasteiger partial charge < -0.3 is 24.8 Å².